The van der Waals surface area contributed by atoms with Crippen molar-refractivity contribution in [2.75, 3.05) is 32.3 Å². The Balaban J connectivity index is 2.53. The second-order valence-electron chi connectivity index (χ2n) is 4.00. The van der Waals surface area contributed by atoms with Crippen molar-refractivity contribution < 1.29 is 29.0 Å². The van der Waals surface area contributed by atoms with Crippen LogP contribution in [-0.4, -0.2) is 50.4 Å². The first-order valence-electron chi connectivity index (χ1n) is 5.95. The number of imide groups is 1. The van der Waals surface area contributed by atoms with Gasteiger partial charge in [-0.15, -0.1) is 0 Å². The molecule has 1 rings (SSSR count). The van der Waals surface area contributed by atoms with Gasteiger partial charge in [-0.1, -0.05) is 6.07 Å². The van der Waals surface area contributed by atoms with Gasteiger partial charge in [0.2, 0.25) is 0 Å². The van der Waals surface area contributed by atoms with Crippen LogP contribution in [0.4, 0.5) is 10.5 Å². The number of anilines is 1. The second kappa shape index (κ2) is 7.85. The lowest BCUT2D eigenvalue weighted by atomic mass is 10.3. The standard InChI is InChI=1S/C13H16N2O6/c1-15(9-4-3-5-10(6-9)20-2)13(19)14-11(16)7-21-8-12(17)18/h3-6H,7-8H2,1-2H3,(H,17,18)(H,14,16,19). The molecule has 1 aromatic rings. The zero-order valence-corrected chi connectivity index (χ0v) is 11.7. The van der Waals surface area contributed by atoms with Gasteiger partial charge in [0.05, 0.1) is 7.11 Å². The normalized spacial score (nSPS) is 9.81. The second-order valence-corrected chi connectivity index (χ2v) is 4.00. The highest BCUT2D eigenvalue weighted by Gasteiger charge is 2.15. The Hall–Kier alpha value is -2.61. The van der Waals surface area contributed by atoms with E-state index in [1.807, 2.05) is 0 Å². The number of benzene rings is 1. The van der Waals surface area contributed by atoms with Gasteiger partial charge in [-0.3, -0.25) is 15.0 Å². The number of carbonyl (C=O) groups is 3. The number of amides is 3. The number of urea groups is 1. The summed E-state index contributed by atoms with van der Waals surface area (Å²) >= 11 is 0. The van der Waals surface area contributed by atoms with Gasteiger partial charge in [-0.2, -0.15) is 0 Å². The van der Waals surface area contributed by atoms with E-state index in [2.05, 4.69) is 10.1 Å². The summed E-state index contributed by atoms with van der Waals surface area (Å²) in [5, 5.41) is 10.4. The van der Waals surface area contributed by atoms with Gasteiger partial charge in [0.25, 0.3) is 5.91 Å². The lowest BCUT2D eigenvalue weighted by molar-refractivity contribution is -0.143. The van der Waals surface area contributed by atoms with E-state index in [1.165, 1.54) is 19.1 Å². The van der Waals surface area contributed by atoms with Crippen molar-refractivity contribution in [3.05, 3.63) is 24.3 Å². The summed E-state index contributed by atoms with van der Waals surface area (Å²) in [6, 6.07) is 6.07. The van der Waals surface area contributed by atoms with Crippen molar-refractivity contribution in [3.8, 4) is 5.75 Å². The quantitative estimate of drug-likeness (QED) is 0.790. The van der Waals surface area contributed by atoms with E-state index in [4.69, 9.17) is 9.84 Å². The monoisotopic (exact) mass is 296 g/mol. The van der Waals surface area contributed by atoms with E-state index < -0.39 is 31.1 Å². The van der Waals surface area contributed by atoms with Crippen LogP contribution in [0.1, 0.15) is 0 Å². The third kappa shape index (κ3) is 5.49. The van der Waals surface area contributed by atoms with Gasteiger partial charge in [0.1, 0.15) is 19.0 Å². The predicted molar refractivity (Wildman–Crippen MR) is 73.4 cm³/mol. The minimum Gasteiger partial charge on any atom is -0.497 e. The van der Waals surface area contributed by atoms with Crippen molar-refractivity contribution >= 4 is 23.6 Å². The number of rotatable bonds is 6. The summed E-state index contributed by atoms with van der Waals surface area (Å²) in [4.78, 5) is 34.7. The highest BCUT2D eigenvalue weighted by molar-refractivity contribution is 6.02. The number of nitrogens with one attached hydrogen (secondary N) is 1. The smallest absolute Gasteiger partial charge is 0.329 e. The molecule has 0 spiro atoms. The highest BCUT2D eigenvalue weighted by atomic mass is 16.5. The lowest BCUT2D eigenvalue weighted by Gasteiger charge is -2.18. The van der Waals surface area contributed by atoms with Crippen LogP contribution >= 0.6 is 0 Å². The largest absolute Gasteiger partial charge is 0.497 e. The van der Waals surface area contributed by atoms with E-state index in [-0.39, 0.29) is 0 Å². The first-order chi connectivity index (χ1) is 9.93. The molecule has 114 valence electrons. The Bertz CT molecular complexity index is 531. The average molecular weight is 296 g/mol. The minimum absolute atomic E-state index is 0.510. The number of carbonyl (C=O) groups excluding carboxylic acids is 2. The number of hydrogen-bond donors (Lipinski definition) is 2. The van der Waals surface area contributed by atoms with Crippen molar-refractivity contribution in [2.24, 2.45) is 0 Å². The molecule has 2 N–H and O–H groups in total. The fourth-order valence-electron chi connectivity index (χ4n) is 1.41. The van der Waals surface area contributed by atoms with Crippen LogP contribution in [0.25, 0.3) is 0 Å². The molecule has 0 atom stereocenters. The molecule has 0 aromatic heterocycles. The van der Waals surface area contributed by atoms with Crippen LogP contribution in [0, 0.1) is 0 Å². The van der Waals surface area contributed by atoms with Crippen LogP contribution in [0.15, 0.2) is 24.3 Å². The molecular weight excluding hydrogens is 280 g/mol. The molecule has 0 aliphatic carbocycles. The number of methoxy groups -OCH3 is 1. The summed E-state index contributed by atoms with van der Waals surface area (Å²) in [7, 11) is 2.98. The Morgan fingerprint density at radius 3 is 2.62 bits per heavy atom. The number of nitrogens with zero attached hydrogens (tertiary/aromatic N) is 1. The first-order valence-corrected chi connectivity index (χ1v) is 5.95. The minimum atomic E-state index is -1.19. The SMILES string of the molecule is COc1cccc(N(C)C(=O)NC(=O)COCC(=O)O)c1. The Morgan fingerprint density at radius 1 is 1.29 bits per heavy atom. The van der Waals surface area contributed by atoms with E-state index in [0.29, 0.717) is 11.4 Å². The van der Waals surface area contributed by atoms with Gasteiger partial charge in [0.15, 0.2) is 0 Å². The van der Waals surface area contributed by atoms with Gasteiger partial charge in [-0.05, 0) is 12.1 Å². The lowest BCUT2D eigenvalue weighted by Crippen LogP contribution is -2.42. The third-order valence-electron chi connectivity index (χ3n) is 2.45. The maximum atomic E-state index is 11.8. The van der Waals surface area contributed by atoms with Gasteiger partial charge in [-0.25, -0.2) is 9.59 Å². The molecule has 8 nitrogen and oxygen atoms in total. The Labute approximate surface area is 121 Å². The molecular formula is C13H16N2O6. The Morgan fingerprint density at radius 2 is 2.00 bits per heavy atom. The molecule has 0 saturated heterocycles. The number of aliphatic carboxylic acids is 1. The molecule has 0 fully saturated rings. The molecule has 1 aromatic carbocycles. The molecule has 0 aliphatic heterocycles. The fraction of sp³-hybridized carbons (Fsp3) is 0.308. The van der Waals surface area contributed by atoms with Crippen molar-refractivity contribution in [1.82, 2.24) is 5.32 Å². The van der Waals surface area contributed by atoms with Gasteiger partial charge in [0, 0.05) is 18.8 Å². The zero-order valence-electron chi connectivity index (χ0n) is 11.7. The van der Waals surface area contributed by atoms with Crippen LogP contribution in [0.5, 0.6) is 5.75 Å². The van der Waals surface area contributed by atoms with Crippen molar-refractivity contribution in [2.45, 2.75) is 0 Å². The van der Waals surface area contributed by atoms with Crippen LogP contribution < -0.4 is 15.0 Å². The predicted octanol–water partition coefficient (Wildman–Crippen LogP) is 0.469. The molecule has 8 heteroatoms. The van der Waals surface area contributed by atoms with E-state index >= 15 is 0 Å². The van der Waals surface area contributed by atoms with E-state index in [0.717, 1.165) is 0 Å². The number of hydrogen-bond acceptors (Lipinski definition) is 5. The topological polar surface area (TPSA) is 105 Å². The van der Waals surface area contributed by atoms with E-state index in [9.17, 15) is 14.4 Å². The average Bonchev–Trinajstić information content (AvgIpc) is 2.46. The molecule has 0 heterocycles. The Kier molecular flexibility index (Phi) is 6.15. The van der Waals surface area contributed by atoms with Crippen LogP contribution in [0.3, 0.4) is 0 Å². The molecule has 0 bridgehead atoms. The first kappa shape index (κ1) is 16.4. The summed E-state index contributed by atoms with van der Waals surface area (Å²) in [6.07, 6.45) is 0. The summed E-state index contributed by atoms with van der Waals surface area (Å²) in [5.41, 5.74) is 0.533. The molecule has 21 heavy (non-hydrogen) atoms. The van der Waals surface area contributed by atoms with Crippen molar-refractivity contribution in [1.29, 1.82) is 0 Å². The van der Waals surface area contributed by atoms with Gasteiger partial charge < -0.3 is 14.6 Å². The molecule has 0 saturated carbocycles. The third-order valence-corrected chi connectivity index (χ3v) is 2.45. The highest BCUT2D eigenvalue weighted by Crippen LogP contribution is 2.19. The number of carboxylic acid groups (broad SMARTS) is 1. The molecule has 0 radical (unpaired) electrons. The summed E-state index contributed by atoms with van der Waals surface area (Å²) in [6.45, 7) is -1.11. The molecule has 3 amide bonds. The molecule has 0 aliphatic rings. The maximum absolute atomic E-state index is 11.8. The van der Waals surface area contributed by atoms with Crippen LogP contribution in [0.2, 0.25) is 0 Å². The fourth-order valence-corrected chi connectivity index (χ4v) is 1.41. The number of carboxylic acids is 1. The summed E-state index contributed by atoms with van der Waals surface area (Å²) in [5.74, 6) is -1.35. The van der Waals surface area contributed by atoms with Crippen LogP contribution in [-0.2, 0) is 14.3 Å². The maximum Gasteiger partial charge on any atom is 0.329 e. The summed E-state index contributed by atoms with van der Waals surface area (Å²) < 4.78 is 9.62. The zero-order chi connectivity index (χ0) is 15.8. The number of ether oxygens (including phenoxy) is 2. The van der Waals surface area contributed by atoms with Gasteiger partial charge >= 0.3 is 12.0 Å². The van der Waals surface area contributed by atoms with Crippen molar-refractivity contribution in [3.63, 3.8) is 0 Å². The molecule has 0 unspecified atom stereocenters. The van der Waals surface area contributed by atoms with E-state index in [1.54, 1.807) is 24.3 Å².